The third kappa shape index (κ3) is 2.67. The summed E-state index contributed by atoms with van der Waals surface area (Å²) >= 11 is 0. The first-order chi connectivity index (χ1) is 11.5. The topological polar surface area (TPSA) is 83.1 Å². The van der Waals surface area contributed by atoms with E-state index in [0.29, 0.717) is 5.82 Å². The first-order valence-electron chi connectivity index (χ1n) is 7.79. The van der Waals surface area contributed by atoms with Gasteiger partial charge in [0, 0.05) is 38.9 Å². The highest BCUT2D eigenvalue weighted by Gasteiger charge is 2.25. The normalized spacial score (nSPS) is 16.9. The molecule has 2 heterocycles. The van der Waals surface area contributed by atoms with E-state index >= 15 is 0 Å². The van der Waals surface area contributed by atoms with Gasteiger partial charge in [-0.15, -0.1) is 0 Å². The predicted molar refractivity (Wildman–Crippen MR) is 92.3 cm³/mol. The minimum atomic E-state index is -0.569. The number of nitrogens with zero attached hydrogens (tertiary/aromatic N) is 4. The highest BCUT2D eigenvalue weighted by atomic mass is 16.2. The number of para-hydroxylation sites is 1. The summed E-state index contributed by atoms with van der Waals surface area (Å²) < 4.78 is 2.28. The number of anilines is 2. The van der Waals surface area contributed by atoms with Crippen LogP contribution in [-0.2, 0) is 14.1 Å². The van der Waals surface area contributed by atoms with Gasteiger partial charge in [0.2, 0.25) is 0 Å². The van der Waals surface area contributed by atoms with Crippen LogP contribution in [-0.4, -0.2) is 28.3 Å². The molecule has 3 rings (SSSR count). The number of hydrogen-bond acceptors (Lipinski definition) is 5. The lowest BCUT2D eigenvalue weighted by Gasteiger charge is -2.21. The van der Waals surface area contributed by atoms with E-state index in [0.717, 1.165) is 29.8 Å². The molecular formula is C17H19N5O2. The van der Waals surface area contributed by atoms with E-state index in [9.17, 15) is 14.9 Å². The lowest BCUT2D eigenvalue weighted by Crippen LogP contribution is -2.41. The Kier molecular flexibility index (Phi) is 4.13. The summed E-state index contributed by atoms with van der Waals surface area (Å²) in [4.78, 5) is 26.5. The summed E-state index contributed by atoms with van der Waals surface area (Å²) in [5.41, 5.74) is 0.0957. The highest BCUT2D eigenvalue weighted by Crippen LogP contribution is 2.22. The molecule has 24 heavy (non-hydrogen) atoms. The number of nitrogens with one attached hydrogen (secondary N) is 1. The van der Waals surface area contributed by atoms with Crippen LogP contribution in [0.25, 0.3) is 0 Å². The van der Waals surface area contributed by atoms with Crippen molar-refractivity contribution in [2.45, 2.75) is 12.5 Å². The molecule has 0 saturated carbocycles. The molecule has 1 aromatic carbocycles. The molecule has 2 aromatic rings. The van der Waals surface area contributed by atoms with Gasteiger partial charge in [-0.2, -0.15) is 5.26 Å². The number of benzene rings is 1. The van der Waals surface area contributed by atoms with Gasteiger partial charge >= 0.3 is 5.69 Å². The SMILES string of the molecule is Cn1c(N[C@@H]2CCN(c3ccccc3)C2)c(C#N)c(=O)n(C)c1=O. The molecule has 1 fully saturated rings. The Bertz CT molecular complexity index is 908. The molecule has 0 aliphatic carbocycles. The van der Waals surface area contributed by atoms with Crippen molar-refractivity contribution in [3.63, 3.8) is 0 Å². The van der Waals surface area contributed by atoms with Crippen molar-refractivity contribution >= 4 is 11.5 Å². The van der Waals surface area contributed by atoms with Gasteiger partial charge < -0.3 is 10.2 Å². The van der Waals surface area contributed by atoms with Crippen molar-refractivity contribution in [1.29, 1.82) is 5.26 Å². The zero-order chi connectivity index (χ0) is 17.3. The van der Waals surface area contributed by atoms with E-state index < -0.39 is 11.2 Å². The number of nitriles is 1. The van der Waals surface area contributed by atoms with Crippen molar-refractivity contribution in [1.82, 2.24) is 9.13 Å². The molecule has 1 aliphatic heterocycles. The Labute approximate surface area is 139 Å². The third-order valence-electron chi connectivity index (χ3n) is 4.43. The lowest BCUT2D eigenvalue weighted by atomic mass is 10.2. The van der Waals surface area contributed by atoms with E-state index in [1.807, 2.05) is 24.3 Å². The Morgan fingerprint density at radius 1 is 1.17 bits per heavy atom. The Morgan fingerprint density at radius 3 is 2.54 bits per heavy atom. The fraction of sp³-hybridized carbons (Fsp3) is 0.353. The molecule has 1 aromatic heterocycles. The monoisotopic (exact) mass is 325 g/mol. The molecule has 0 amide bonds. The summed E-state index contributed by atoms with van der Waals surface area (Å²) in [6, 6.07) is 12.1. The van der Waals surface area contributed by atoms with Crippen LogP contribution in [0.2, 0.25) is 0 Å². The fourth-order valence-electron chi connectivity index (χ4n) is 3.06. The van der Waals surface area contributed by atoms with Gasteiger partial charge in [0.1, 0.15) is 11.9 Å². The largest absolute Gasteiger partial charge is 0.369 e. The van der Waals surface area contributed by atoms with Crippen LogP contribution in [0, 0.1) is 11.3 Å². The van der Waals surface area contributed by atoms with Crippen molar-refractivity contribution in [2.75, 3.05) is 23.3 Å². The molecule has 124 valence electrons. The van der Waals surface area contributed by atoms with Crippen LogP contribution in [0.5, 0.6) is 0 Å². The number of aromatic nitrogens is 2. The Morgan fingerprint density at radius 2 is 1.88 bits per heavy atom. The van der Waals surface area contributed by atoms with Crippen molar-refractivity contribution in [3.05, 3.63) is 56.7 Å². The van der Waals surface area contributed by atoms with E-state index in [-0.39, 0.29) is 11.6 Å². The number of rotatable bonds is 3. The maximum absolute atomic E-state index is 12.1. The van der Waals surface area contributed by atoms with Crippen molar-refractivity contribution in [2.24, 2.45) is 14.1 Å². The fourth-order valence-corrected chi connectivity index (χ4v) is 3.06. The smallest absolute Gasteiger partial charge is 0.332 e. The molecule has 1 aliphatic rings. The Balaban J connectivity index is 1.87. The van der Waals surface area contributed by atoms with Crippen LogP contribution < -0.4 is 21.5 Å². The van der Waals surface area contributed by atoms with Gasteiger partial charge in [-0.05, 0) is 18.6 Å². The minimum Gasteiger partial charge on any atom is -0.369 e. The molecule has 1 N–H and O–H groups in total. The second-order valence-electron chi connectivity index (χ2n) is 5.95. The molecule has 0 radical (unpaired) electrons. The zero-order valence-electron chi connectivity index (χ0n) is 13.7. The van der Waals surface area contributed by atoms with Crippen LogP contribution in [0.3, 0.4) is 0 Å². The second kappa shape index (κ2) is 6.24. The van der Waals surface area contributed by atoms with Crippen molar-refractivity contribution in [3.8, 4) is 6.07 Å². The van der Waals surface area contributed by atoms with Crippen molar-refractivity contribution < 1.29 is 0 Å². The first-order valence-corrected chi connectivity index (χ1v) is 7.79. The van der Waals surface area contributed by atoms with Gasteiger partial charge in [0.15, 0.2) is 5.56 Å². The number of hydrogen-bond donors (Lipinski definition) is 1. The standard InChI is InChI=1S/C17H19N5O2/c1-20-15(14(10-18)16(23)21(2)17(20)24)19-12-8-9-22(11-12)13-6-4-3-5-7-13/h3-7,12,19H,8-9,11H2,1-2H3/t12-/m1/s1. The van der Waals surface area contributed by atoms with E-state index in [2.05, 4.69) is 22.3 Å². The predicted octanol–water partition coefficient (Wildman–Crippen LogP) is 0.646. The maximum Gasteiger partial charge on any atom is 0.332 e. The summed E-state index contributed by atoms with van der Waals surface area (Å²) in [6.07, 6.45) is 0.864. The summed E-state index contributed by atoms with van der Waals surface area (Å²) in [7, 11) is 2.94. The quantitative estimate of drug-likeness (QED) is 0.896. The van der Waals surface area contributed by atoms with Gasteiger partial charge in [-0.25, -0.2) is 4.79 Å². The van der Waals surface area contributed by atoms with Gasteiger partial charge in [-0.1, -0.05) is 18.2 Å². The summed E-state index contributed by atoms with van der Waals surface area (Å²) in [6.45, 7) is 1.63. The van der Waals surface area contributed by atoms with E-state index in [1.54, 1.807) is 7.05 Å². The van der Waals surface area contributed by atoms with Crippen LogP contribution >= 0.6 is 0 Å². The van der Waals surface area contributed by atoms with Crippen LogP contribution in [0.15, 0.2) is 39.9 Å². The Hall–Kier alpha value is -3.01. The maximum atomic E-state index is 12.1. The third-order valence-corrected chi connectivity index (χ3v) is 4.43. The molecule has 1 atom stereocenters. The van der Waals surface area contributed by atoms with Gasteiger partial charge in [0.05, 0.1) is 0 Å². The summed E-state index contributed by atoms with van der Waals surface area (Å²) in [5, 5.41) is 12.5. The summed E-state index contributed by atoms with van der Waals surface area (Å²) in [5.74, 6) is 0.297. The van der Waals surface area contributed by atoms with E-state index in [1.165, 1.54) is 11.6 Å². The average Bonchev–Trinajstić information content (AvgIpc) is 3.07. The van der Waals surface area contributed by atoms with E-state index in [4.69, 9.17) is 0 Å². The molecule has 1 saturated heterocycles. The molecule has 7 heteroatoms. The zero-order valence-corrected chi connectivity index (χ0v) is 13.7. The second-order valence-corrected chi connectivity index (χ2v) is 5.95. The van der Waals surface area contributed by atoms with Gasteiger partial charge in [-0.3, -0.25) is 13.9 Å². The molecular weight excluding hydrogens is 306 g/mol. The highest BCUT2D eigenvalue weighted by molar-refractivity contribution is 5.53. The van der Waals surface area contributed by atoms with Crippen LogP contribution in [0.4, 0.5) is 11.5 Å². The molecule has 7 nitrogen and oxygen atoms in total. The lowest BCUT2D eigenvalue weighted by molar-refractivity contribution is 0.674. The van der Waals surface area contributed by atoms with Gasteiger partial charge in [0.25, 0.3) is 5.56 Å². The first kappa shape index (κ1) is 15.9. The average molecular weight is 325 g/mol. The molecule has 0 bridgehead atoms. The molecule has 0 spiro atoms. The van der Waals surface area contributed by atoms with Crippen LogP contribution in [0.1, 0.15) is 12.0 Å². The molecule has 0 unspecified atom stereocenters. The minimum absolute atomic E-state index is 0.0299.